The summed E-state index contributed by atoms with van der Waals surface area (Å²) in [6.45, 7) is 7.58. The number of nitrogens with zero attached hydrogens (tertiary/aromatic N) is 4. The molecule has 1 aromatic rings. The summed E-state index contributed by atoms with van der Waals surface area (Å²) in [5.41, 5.74) is 0. The van der Waals surface area contributed by atoms with Crippen LogP contribution in [0.15, 0.2) is 5.16 Å². The average molecular weight is 310 g/mol. The number of carbonyl (C=O) groups excluding carboxylic acids is 1. The lowest BCUT2D eigenvalue weighted by atomic mass is 9.95. The van der Waals surface area contributed by atoms with Gasteiger partial charge in [-0.15, -0.1) is 10.2 Å². The highest BCUT2D eigenvalue weighted by Crippen LogP contribution is 2.32. The number of hydrogen-bond acceptors (Lipinski definition) is 4. The molecule has 2 rings (SSSR count). The second kappa shape index (κ2) is 7.82. The Morgan fingerprint density at radius 2 is 1.90 bits per heavy atom. The third-order valence-electron chi connectivity index (χ3n) is 4.22. The zero-order chi connectivity index (χ0) is 15.2. The number of carbonyl (C=O) groups is 1. The smallest absolute Gasteiger partial charge is 0.233 e. The SMILES string of the molecule is CCN(CC)C(=O)CSc1nnc(C)n1C1CCCCC1. The van der Waals surface area contributed by atoms with Crippen molar-refractivity contribution in [2.45, 2.75) is 64.1 Å². The van der Waals surface area contributed by atoms with Gasteiger partial charge in [-0.2, -0.15) is 0 Å². The van der Waals surface area contributed by atoms with E-state index < -0.39 is 0 Å². The van der Waals surface area contributed by atoms with Crippen molar-refractivity contribution in [2.75, 3.05) is 18.8 Å². The van der Waals surface area contributed by atoms with Crippen LogP contribution in [0.5, 0.6) is 0 Å². The minimum absolute atomic E-state index is 0.181. The summed E-state index contributed by atoms with van der Waals surface area (Å²) in [6, 6.07) is 0.514. The molecule has 21 heavy (non-hydrogen) atoms. The normalized spacial score (nSPS) is 16.1. The Balaban J connectivity index is 2.02. The van der Waals surface area contributed by atoms with Gasteiger partial charge in [-0.3, -0.25) is 4.79 Å². The molecule has 1 aromatic heterocycles. The first-order valence-electron chi connectivity index (χ1n) is 7.99. The van der Waals surface area contributed by atoms with Gasteiger partial charge in [0.05, 0.1) is 5.75 Å². The lowest BCUT2D eigenvalue weighted by Crippen LogP contribution is -2.32. The molecule has 1 saturated carbocycles. The maximum Gasteiger partial charge on any atom is 0.233 e. The van der Waals surface area contributed by atoms with Crippen LogP contribution in [-0.2, 0) is 4.79 Å². The fourth-order valence-electron chi connectivity index (χ4n) is 3.00. The van der Waals surface area contributed by atoms with Crippen molar-refractivity contribution < 1.29 is 4.79 Å². The van der Waals surface area contributed by atoms with Crippen LogP contribution in [-0.4, -0.2) is 44.4 Å². The third kappa shape index (κ3) is 3.99. The standard InChI is InChI=1S/C15H26N4OS/c1-4-18(5-2)14(20)11-21-15-17-16-12(3)19(15)13-9-7-6-8-10-13/h13H,4-11H2,1-3H3. The Morgan fingerprint density at radius 1 is 1.24 bits per heavy atom. The van der Waals surface area contributed by atoms with Gasteiger partial charge in [0, 0.05) is 19.1 Å². The van der Waals surface area contributed by atoms with E-state index in [2.05, 4.69) is 14.8 Å². The molecule has 1 fully saturated rings. The predicted molar refractivity (Wildman–Crippen MR) is 85.5 cm³/mol. The molecule has 0 aromatic carbocycles. The fourth-order valence-corrected chi connectivity index (χ4v) is 3.96. The van der Waals surface area contributed by atoms with Crippen LogP contribution < -0.4 is 0 Å². The van der Waals surface area contributed by atoms with Crippen molar-refractivity contribution in [1.29, 1.82) is 0 Å². The van der Waals surface area contributed by atoms with E-state index in [1.807, 2.05) is 25.7 Å². The van der Waals surface area contributed by atoms with Crippen molar-refractivity contribution >= 4 is 17.7 Å². The number of aromatic nitrogens is 3. The van der Waals surface area contributed by atoms with Crippen molar-refractivity contribution in [3.63, 3.8) is 0 Å². The topological polar surface area (TPSA) is 51.0 Å². The molecule has 0 N–H and O–H groups in total. The number of hydrogen-bond donors (Lipinski definition) is 0. The number of rotatable bonds is 6. The zero-order valence-corrected chi connectivity index (χ0v) is 14.2. The van der Waals surface area contributed by atoms with Gasteiger partial charge in [0.25, 0.3) is 0 Å². The molecule has 5 nitrogen and oxygen atoms in total. The molecule has 0 saturated heterocycles. The molecule has 0 unspecified atom stereocenters. The molecule has 0 atom stereocenters. The molecule has 0 radical (unpaired) electrons. The van der Waals surface area contributed by atoms with Crippen LogP contribution in [0.3, 0.4) is 0 Å². The fraction of sp³-hybridized carbons (Fsp3) is 0.800. The van der Waals surface area contributed by atoms with Crippen LogP contribution >= 0.6 is 11.8 Å². The van der Waals surface area contributed by atoms with E-state index in [1.54, 1.807) is 0 Å². The minimum atomic E-state index is 0.181. The summed E-state index contributed by atoms with van der Waals surface area (Å²) in [5.74, 6) is 1.60. The third-order valence-corrected chi connectivity index (χ3v) is 5.14. The Kier molecular flexibility index (Phi) is 6.08. The minimum Gasteiger partial charge on any atom is -0.343 e. The molecule has 6 heteroatoms. The summed E-state index contributed by atoms with van der Waals surface area (Å²) in [5, 5.41) is 9.40. The Morgan fingerprint density at radius 3 is 2.52 bits per heavy atom. The molecule has 0 aliphatic heterocycles. The highest BCUT2D eigenvalue weighted by Gasteiger charge is 2.22. The monoisotopic (exact) mass is 310 g/mol. The van der Waals surface area contributed by atoms with Crippen LogP contribution in [0.25, 0.3) is 0 Å². The molecule has 118 valence electrons. The van der Waals surface area contributed by atoms with Crippen LogP contribution in [0.1, 0.15) is 57.8 Å². The summed E-state index contributed by atoms with van der Waals surface area (Å²) in [4.78, 5) is 14.0. The van der Waals surface area contributed by atoms with E-state index in [9.17, 15) is 4.79 Å². The second-order valence-corrected chi connectivity index (χ2v) is 6.49. The highest BCUT2D eigenvalue weighted by atomic mass is 32.2. The molecule has 1 amide bonds. The molecular formula is C15H26N4OS. The van der Waals surface area contributed by atoms with Crippen molar-refractivity contribution in [1.82, 2.24) is 19.7 Å². The highest BCUT2D eigenvalue weighted by molar-refractivity contribution is 7.99. The first-order chi connectivity index (χ1) is 10.2. The summed E-state index contributed by atoms with van der Waals surface area (Å²) in [7, 11) is 0. The van der Waals surface area contributed by atoms with E-state index in [-0.39, 0.29) is 5.91 Å². The Bertz CT molecular complexity index is 464. The van der Waals surface area contributed by atoms with Gasteiger partial charge in [-0.25, -0.2) is 0 Å². The lowest BCUT2D eigenvalue weighted by molar-refractivity contribution is -0.127. The van der Waals surface area contributed by atoms with E-state index in [4.69, 9.17) is 0 Å². The summed E-state index contributed by atoms with van der Waals surface area (Å²) >= 11 is 1.53. The summed E-state index contributed by atoms with van der Waals surface area (Å²) < 4.78 is 2.25. The number of aryl methyl sites for hydroxylation is 1. The second-order valence-electron chi connectivity index (χ2n) is 5.55. The van der Waals surface area contributed by atoms with Crippen molar-refractivity contribution in [3.05, 3.63) is 5.82 Å². The molecule has 1 aliphatic rings. The van der Waals surface area contributed by atoms with Gasteiger partial charge < -0.3 is 9.47 Å². The van der Waals surface area contributed by atoms with Gasteiger partial charge in [0.15, 0.2) is 5.16 Å². The molecule has 1 heterocycles. The van der Waals surface area contributed by atoms with Gasteiger partial charge in [-0.05, 0) is 33.6 Å². The van der Waals surface area contributed by atoms with Crippen LogP contribution in [0.2, 0.25) is 0 Å². The maximum absolute atomic E-state index is 12.1. The van der Waals surface area contributed by atoms with E-state index >= 15 is 0 Å². The van der Waals surface area contributed by atoms with Gasteiger partial charge >= 0.3 is 0 Å². The molecule has 0 spiro atoms. The van der Waals surface area contributed by atoms with Crippen molar-refractivity contribution in [3.8, 4) is 0 Å². The van der Waals surface area contributed by atoms with E-state index in [0.29, 0.717) is 11.8 Å². The maximum atomic E-state index is 12.1. The first-order valence-corrected chi connectivity index (χ1v) is 8.98. The first kappa shape index (κ1) is 16.3. The summed E-state index contributed by atoms with van der Waals surface area (Å²) in [6.07, 6.45) is 6.31. The predicted octanol–water partition coefficient (Wildman–Crippen LogP) is 3.05. The average Bonchev–Trinajstić information content (AvgIpc) is 2.88. The van der Waals surface area contributed by atoms with Crippen molar-refractivity contribution in [2.24, 2.45) is 0 Å². The molecule has 1 aliphatic carbocycles. The van der Waals surface area contributed by atoms with E-state index in [1.165, 1.54) is 43.9 Å². The molecule has 0 bridgehead atoms. The number of thioether (sulfide) groups is 1. The Labute approximate surface area is 131 Å². The van der Waals surface area contributed by atoms with Crippen LogP contribution in [0.4, 0.5) is 0 Å². The lowest BCUT2D eigenvalue weighted by Gasteiger charge is -2.25. The van der Waals surface area contributed by atoms with Gasteiger partial charge in [0.2, 0.25) is 5.91 Å². The zero-order valence-electron chi connectivity index (χ0n) is 13.3. The largest absolute Gasteiger partial charge is 0.343 e. The van der Waals surface area contributed by atoms with Gasteiger partial charge in [0.1, 0.15) is 5.82 Å². The molecular weight excluding hydrogens is 284 g/mol. The Hall–Kier alpha value is -1.04. The quantitative estimate of drug-likeness (QED) is 0.758. The van der Waals surface area contributed by atoms with Crippen LogP contribution in [0, 0.1) is 6.92 Å². The van der Waals surface area contributed by atoms with Gasteiger partial charge in [-0.1, -0.05) is 31.0 Å². The number of amides is 1. The van der Waals surface area contributed by atoms with E-state index in [0.717, 1.165) is 24.1 Å².